The molecular formula is C13H26N2O. The lowest BCUT2D eigenvalue weighted by Crippen LogP contribution is -2.46. The fraction of sp³-hybridized carbons (Fsp3) is 1.00. The SMILES string of the molecule is CNC1CCCC1N(C)CC1CCOCC1. The highest BCUT2D eigenvalue weighted by Crippen LogP contribution is 2.25. The van der Waals surface area contributed by atoms with Gasteiger partial charge in [0.2, 0.25) is 0 Å². The molecule has 2 atom stereocenters. The van der Waals surface area contributed by atoms with Gasteiger partial charge in [-0.25, -0.2) is 0 Å². The summed E-state index contributed by atoms with van der Waals surface area (Å²) in [6.45, 7) is 3.20. The number of nitrogens with zero attached hydrogens (tertiary/aromatic N) is 1. The molecule has 94 valence electrons. The molecule has 0 spiro atoms. The van der Waals surface area contributed by atoms with E-state index in [1.165, 1.54) is 38.6 Å². The number of likely N-dealkylation sites (N-methyl/N-ethyl adjacent to an activating group) is 2. The van der Waals surface area contributed by atoms with Gasteiger partial charge in [-0.15, -0.1) is 0 Å². The van der Waals surface area contributed by atoms with Gasteiger partial charge < -0.3 is 15.0 Å². The van der Waals surface area contributed by atoms with E-state index in [4.69, 9.17) is 4.74 Å². The van der Waals surface area contributed by atoms with E-state index in [2.05, 4.69) is 24.3 Å². The van der Waals surface area contributed by atoms with Gasteiger partial charge in [0.15, 0.2) is 0 Å². The molecule has 1 heterocycles. The third-order valence-electron chi connectivity index (χ3n) is 4.30. The highest BCUT2D eigenvalue weighted by atomic mass is 16.5. The summed E-state index contributed by atoms with van der Waals surface area (Å²) in [4.78, 5) is 2.59. The molecule has 3 heteroatoms. The minimum absolute atomic E-state index is 0.713. The quantitative estimate of drug-likeness (QED) is 0.786. The summed E-state index contributed by atoms with van der Waals surface area (Å²) in [6, 6.07) is 1.47. The molecule has 1 N–H and O–H groups in total. The van der Waals surface area contributed by atoms with Crippen LogP contribution in [0, 0.1) is 5.92 Å². The summed E-state index contributed by atoms with van der Waals surface area (Å²) in [5.41, 5.74) is 0. The van der Waals surface area contributed by atoms with E-state index < -0.39 is 0 Å². The number of ether oxygens (including phenoxy) is 1. The van der Waals surface area contributed by atoms with Gasteiger partial charge in [0.05, 0.1) is 0 Å². The van der Waals surface area contributed by atoms with Crippen molar-refractivity contribution in [1.29, 1.82) is 0 Å². The van der Waals surface area contributed by atoms with E-state index in [0.717, 1.165) is 25.2 Å². The molecule has 1 saturated carbocycles. The average Bonchev–Trinajstić information content (AvgIpc) is 2.78. The maximum Gasteiger partial charge on any atom is 0.0469 e. The molecule has 3 nitrogen and oxygen atoms in total. The lowest BCUT2D eigenvalue weighted by atomic mass is 9.98. The van der Waals surface area contributed by atoms with Crippen LogP contribution in [0.25, 0.3) is 0 Å². The predicted octanol–water partition coefficient (Wildman–Crippen LogP) is 1.49. The van der Waals surface area contributed by atoms with Crippen LogP contribution >= 0.6 is 0 Å². The molecule has 0 amide bonds. The van der Waals surface area contributed by atoms with Gasteiger partial charge >= 0.3 is 0 Å². The van der Waals surface area contributed by atoms with Crippen molar-refractivity contribution in [3.05, 3.63) is 0 Å². The molecule has 1 aliphatic heterocycles. The minimum Gasteiger partial charge on any atom is -0.381 e. The minimum atomic E-state index is 0.713. The van der Waals surface area contributed by atoms with Crippen molar-refractivity contribution in [2.45, 2.75) is 44.2 Å². The van der Waals surface area contributed by atoms with Crippen LogP contribution in [0.2, 0.25) is 0 Å². The van der Waals surface area contributed by atoms with Crippen molar-refractivity contribution >= 4 is 0 Å². The molecule has 0 bridgehead atoms. The Morgan fingerprint density at radius 1 is 1.19 bits per heavy atom. The first-order valence-electron chi connectivity index (χ1n) is 6.76. The largest absolute Gasteiger partial charge is 0.381 e. The molecule has 2 unspecified atom stereocenters. The summed E-state index contributed by atoms with van der Waals surface area (Å²) < 4.78 is 5.42. The monoisotopic (exact) mass is 226 g/mol. The van der Waals surface area contributed by atoms with Crippen LogP contribution in [0.4, 0.5) is 0 Å². The first-order valence-corrected chi connectivity index (χ1v) is 6.76. The van der Waals surface area contributed by atoms with Crippen LogP contribution in [-0.4, -0.2) is 50.8 Å². The zero-order valence-electron chi connectivity index (χ0n) is 10.7. The highest BCUT2D eigenvalue weighted by molar-refractivity contribution is 4.89. The Bertz CT molecular complexity index is 204. The van der Waals surface area contributed by atoms with Crippen molar-refractivity contribution < 1.29 is 4.74 Å². The standard InChI is InChI=1S/C13H26N2O/c1-14-12-4-3-5-13(12)15(2)10-11-6-8-16-9-7-11/h11-14H,3-10H2,1-2H3. The topological polar surface area (TPSA) is 24.5 Å². The van der Waals surface area contributed by atoms with Gasteiger partial charge in [-0.05, 0) is 45.7 Å². The molecule has 2 fully saturated rings. The first kappa shape index (κ1) is 12.3. The maximum atomic E-state index is 5.42. The average molecular weight is 226 g/mol. The molecule has 1 aliphatic carbocycles. The van der Waals surface area contributed by atoms with Gasteiger partial charge in [0.1, 0.15) is 0 Å². The molecule has 2 rings (SSSR count). The Balaban J connectivity index is 1.79. The van der Waals surface area contributed by atoms with Gasteiger partial charge in [0.25, 0.3) is 0 Å². The number of nitrogens with one attached hydrogen (secondary N) is 1. The summed E-state index contributed by atoms with van der Waals surface area (Å²) in [7, 11) is 4.40. The second-order valence-electron chi connectivity index (χ2n) is 5.39. The van der Waals surface area contributed by atoms with Crippen LogP contribution in [0.5, 0.6) is 0 Å². The Morgan fingerprint density at radius 2 is 1.94 bits per heavy atom. The molecule has 0 radical (unpaired) electrons. The third-order valence-corrected chi connectivity index (χ3v) is 4.30. The molecule has 0 aromatic carbocycles. The van der Waals surface area contributed by atoms with Crippen molar-refractivity contribution in [3.8, 4) is 0 Å². The Labute approximate surface area is 99.5 Å². The molecule has 1 saturated heterocycles. The Morgan fingerprint density at radius 3 is 2.62 bits per heavy atom. The normalized spacial score (nSPS) is 32.4. The molecule has 0 aromatic rings. The van der Waals surface area contributed by atoms with E-state index in [1.54, 1.807) is 0 Å². The van der Waals surface area contributed by atoms with Gasteiger partial charge in [-0.1, -0.05) is 6.42 Å². The predicted molar refractivity (Wildman–Crippen MR) is 66.7 cm³/mol. The van der Waals surface area contributed by atoms with Gasteiger partial charge in [-0.3, -0.25) is 0 Å². The lowest BCUT2D eigenvalue weighted by molar-refractivity contribution is 0.0490. The summed E-state index contributed by atoms with van der Waals surface area (Å²) in [5.74, 6) is 0.858. The van der Waals surface area contributed by atoms with Gasteiger partial charge in [-0.2, -0.15) is 0 Å². The molecule has 0 aromatic heterocycles. The van der Waals surface area contributed by atoms with Crippen molar-refractivity contribution in [1.82, 2.24) is 10.2 Å². The van der Waals surface area contributed by atoms with Crippen molar-refractivity contribution in [2.24, 2.45) is 5.92 Å². The lowest BCUT2D eigenvalue weighted by Gasteiger charge is -2.33. The third kappa shape index (κ3) is 2.96. The molecular weight excluding hydrogens is 200 g/mol. The zero-order chi connectivity index (χ0) is 11.4. The summed E-state index contributed by atoms with van der Waals surface area (Å²) in [6.07, 6.45) is 6.60. The van der Waals surface area contributed by atoms with E-state index in [9.17, 15) is 0 Å². The second-order valence-corrected chi connectivity index (χ2v) is 5.39. The fourth-order valence-electron chi connectivity index (χ4n) is 3.28. The Hall–Kier alpha value is -0.120. The first-order chi connectivity index (χ1) is 7.81. The number of rotatable bonds is 4. The van der Waals surface area contributed by atoms with Crippen LogP contribution in [-0.2, 0) is 4.74 Å². The summed E-state index contributed by atoms with van der Waals surface area (Å²) >= 11 is 0. The fourth-order valence-corrected chi connectivity index (χ4v) is 3.28. The van der Waals surface area contributed by atoms with E-state index in [0.29, 0.717) is 6.04 Å². The number of hydrogen-bond acceptors (Lipinski definition) is 3. The van der Waals surface area contributed by atoms with Crippen LogP contribution in [0.1, 0.15) is 32.1 Å². The van der Waals surface area contributed by atoms with Crippen molar-refractivity contribution in [2.75, 3.05) is 33.9 Å². The van der Waals surface area contributed by atoms with Crippen molar-refractivity contribution in [3.63, 3.8) is 0 Å². The molecule has 16 heavy (non-hydrogen) atoms. The smallest absolute Gasteiger partial charge is 0.0469 e. The van der Waals surface area contributed by atoms with Gasteiger partial charge in [0, 0.05) is 31.8 Å². The number of hydrogen-bond donors (Lipinski definition) is 1. The van der Waals surface area contributed by atoms with E-state index >= 15 is 0 Å². The van der Waals surface area contributed by atoms with E-state index in [-0.39, 0.29) is 0 Å². The highest BCUT2D eigenvalue weighted by Gasteiger charge is 2.30. The Kier molecular flexibility index (Phi) is 4.62. The summed E-state index contributed by atoms with van der Waals surface area (Å²) in [5, 5.41) is 3.47. The van der Waals surface area contributed by atoms with Crippen LogP contribution < -0.4 is 5.32 Å². The van der Waals surface area contributed by atoms with Crippen LogP contribution in [0.3, 0.4) is 0 Å². The van der Waals surface area contributed by atoms with E-state index in [1.807, 2.05) is 0 Å². The van der Waals surface area contributed by atoms with Crippen LogP contribution in [0.15, 0.2) is 0 Å². The second kappa shape index (κ2) is 5.99. The maximum absolute atomic E-state index is 5.42. The zero-order valence-corrected chi connectivity index (χ0v) is 10.7. The molecule has 2 aliphatic rings.